The molecule has 0 radical (unpaired) electrons. The summed E-state index contributed by atoms with van der Waals surface area (Å²) in [4.78, 5) is 12.7. The number of fused-ring (bicyclic) bond motifs is 1. The lowest BCUT2D eigenvalue weighted by atomic mass is 9.89. The van der Waals surface area contributed by atoms with E-state index in [-0.39, 0.29) is 23.3 Å². The molecule has 2 aromatic rings. The van der Waals surface area contributed by atoms with Crippen LogP contribution in [0, 0.1) is 5.92 Å². The number of hydrogen-bond acceptors (Lipinski definition) is 6. The van der Waals surface area contributed by atoms with Gasteiger partial charge in [-0.25, -0.2) is 8.42 Å². The Morgan fingerprint density at radius 3 is 2.55 bits per heavy atom. The Kier molecular flexibility index (Phi) is 5.80. The van der Waals surface area contributed by atoms with E-state index in [1.807, 2.05) is 0 Å². The predicted molar refractivity (Wildman–Crippen MR) is 106 cm³/mol. The van der Waals surface area contributed by atoms with E-state index in [2.05, 4.69) is 5.32 Å². The molecule has 0 unspecified atom stereocenters. The molecule has 7 nitrogen and oxygen atoms in total. The molecule has 0 spiro atoms. The largest absolute Gasteiger partial charge is 0.486 e. The molecule has 1 N–H and O–H groups in total. The summed E-state index contributed by atoms with van der Waals surface area (Å²) in [5.41, 5.74) is 0. The minimum Gasteiger partial charge on any atom is -0.486 e. The van der Waals surface area contributed by atoms with Crippen molar-refractivity contribution >= 4 is 15.7 Å². The van der Waals surface area contributed by atoms with Crippen molar-refractivity contribution in [3.63, 3.8) is 0 Å². The highest BCUT2D eigenvalue weighted by atomic mass is 32.2. The maximum Gasteiger partial charge on any atom is 0.223 e. The molecule has 1 saturated carbocycles. The number of benzene rings is 1. The third-order valence-corrected chi connectivity index (χ3v) is 7.57. The van der Waals surface area contributed by atoms with Gasteiger partial charge in [-0.1, -0.05) is 19.3 Å². The summed E-state index contributed by atoms with van der Waals surface area (Å²) in [6.07, 6.45) is 6.37. The molecule has 8 heteroatoms. The first-order chi connectivity index (χ1) is 14.1. The molecule has 156 valence electrons. The maximum absolute atomic E-state index is 13.4. The summed E-state index contributed by atoms with van der Waals surface area (Å²) in [7, 11) is -3.83. The van der Waals surface area contributed by atoms with E-state index in [1.54, 1.807) is 18.2 Å². The second kappa shape index (κ2) is 8.49. The van der Waals surface area contributed by atoms with Crippen molar-refractivity contribution in [2.24, 2.45) is 5.92 Å². The van der Waals surface area contributed by atoms with Gasteiger partial charge in [0.15, 0.2) is 21.3 Å². The van der Waals surface area contributed by atoms with E-state index in [4.69, 9.17) is 13.9 Å². The van der Waals surface area contributed by atoms with Gasteiger partial charge >= 0.3 is 0 Å². The van der Waals surface area contributed by atoms with Crippen molar-refractivity contribution in [1.29, 1.82) is 0 Å². The van der Waals surface area contributed by atoms with Crippen LogP contribution in [-0.4, -0.2) is 34.1 Å². The minimum atomic E-state index is -3.83. The predicted octanol–water partition coefficient (Wildman–Crippen LogP) is 3.26. The molecular weight excluding hydrogens is 394 g/mol. The van der Waals surface area contributed by atoms with Crippen LogP contribution in [-0.2, 0) is 14.6 Å². The first kappa shape index (κ1) is 19.8. The number of sulfone groups is 1. The first-order valence-corrected chi connectivity index (χ1v) is 11.5. The smallest absolute Gasteiger partial charge is 0.223 e. The zero-order valence-electron chi connectivity index (χ0n) is 16.1. The van der Waals surface area contributed by atoms with Gasteiger partial charge in [0.2, 0.25) is 5.91 Å². The molecule has 1 amide bonds. The normalized spacial score (nSPS) is 18.2. The maximum atomic E-state index is 13.4. The van der Waals surface area contributed by atoms with E-state index in [9.17, 15) is 13.2 Å². The van der Waals surface area contributed by atoms with Crippen LogP contribution in [0.25, 0.3) is 0 Å². The van der Waals surface area contributed by atoms with E-state index in [1.165, 1.54) is 18.4 Å². The van der Waals surface area contributed by atoms with Gasteiger partial charge in [-0.2, -0.15) is 0 Å². The number of carbonyl (C=O) groups excluding carboxylic acids is 1. The number of furan rings is 1. The standard InChI is InChI=1S/C21H25NO6S/c23-21(15-5-2-1-3-6-15)22-14-20(18-7-4-10-26-18)29(24,25)16-8-9-17-19(13-16)28-12-11-27-17/h4,7-10,13,15,20H,1-3,5-6,11-12,14H2,(H,22,23)/t20-/m1/s1. The zero-order chi connectivity index (χ0) is 20.3. The van der Waals surface area contributed by atoms with Gasteiger partial charge in [0.05, 0.1) is 11.2 Å². The highest BCUT2D eigenvalue weighted by Gasteiger charge is 2.33. The van der Waals surface area contributed by atoms with Crippen molar-refractivity contribution in [3.05, 3.63) is 42.4 Å². The second-order valence-corrected chi connectivity index (χ2v) is 9.57. The summed E-state index contributed by atoms with van der Waals surface area (Å²) in [5, 5.41) is 1.82. The Hall–Kier alpha value is -2.48. The molecule has 1 aromatic carbocycles. The molecule has 1 aliphatic carbocycles. The van der Waals surface area contributed by atoms with Gasteiger partial charge < -0.3 is 19.2 Å². The fraction of sp³-hybridized carbons (Fsp3) is 0.476. The second-order valence-electron chi connectivity index (χ2n) is 7.43. The van der Waals surface area contributed by atoms with Crippen LogP contribution in [0.4, 0.5) is 0 Å². The molecule has 1 aromatic heterocycles. The Bertz CT molecular complexity index is 948. The topological polar surface area (TPSA) is 94.8 Å². The monoisotopic (exact) mass is 419 g/mol. The van der Waals surface area contributed by atoms with Crippen molar-refractivity contribution < 1.29 is 27.1 Å². The molecule has 2 aliphatic rings. The SMILES string of the molecule is O=C(NC[C@H](c1ccco1)S(=O)(=O)c1ccc2c(c1)OCCO2)C1CCCCC1. The lowest BCUT2D eigenvalue weighted by Gasteiger charge is -2.23. The van der Waals surface area contributed by atoms with Crippen LogP contribution in [0.5, 0.6) is 11.5 Å². The van der Waals surface area contributed by atoms with Crippen molar-refractivity contribution in [3.8, 4) is 11.5 Å². The molecular formula is C21H25NO6S. The summed E-state index contributed by atoms with van der Waals surface area (Å²) < 4.78 is 43.2. The Morgan fingerprint density at radius 2 is 1.83 bits per heavy atom. The number of nitrogens with one attached hydrogen (secondary N) is 1. The molecule has 1 atom stereocenters. The van der Waals surface area contributed by atoms with E-state index < -0.39 is 15.1 Å². The van der Waals surface area contributed by atoms with E-state index in [0.717, 1.165) is 32.1 Å². The highest BCUT2D eigenvalue weighted by Crippen LogP contribution is 2.36. The highest BCUT2D eigenvalue weighted by molar-refractivity contribution is 7.91. The zero-order valence-corrected chi connectivity index (χ0v) is 16.9. The van der Waals surface area contributed by atoms with Gasteiger partial charge in [-0.05, 0) is 37.1 Å². The first-order valence-electron chi connectivity index (χ1n) is 10.0. The van der Waals surface area contributed by atoms with Gasteiger partial charge in [-0.3, -0.25) is 4.79 Å². The lowest BCUT2D eigenvalue weighted by Crippen LogP contribution is -2.36. The van der Waals surface area contributed by atoms with Crippen molar-refractivity contribution in [2.45, 2.75) is 42.2 Å². The number of amides is 1. The van der Waals surface area contributed by atoms with E-state index >= 15 is 0 Å². The van der Waals surface area contributed by atoms with E-state index in [0.29, 0.717) is 30.5 Å². The summed E-state index contributed by atoms with van der Waals surface area (Å²) in [5.74, 6) is 1.09. The summed E-state index contributed by atoms with van der Waals surface area (Å²) in [6, 6.07) is 7.84. The van der Waals surface area contributed by atoms with Crippen molar-refractivity contribution in [2.75, 3.05) is 19.8 Å². The van der Waals surface area contributed by atoms with Crippen LogP contribution in [0.3, 0.4) is 0 Å². The number of carbonyl (C=O) groups is 1. The molecule has 4 rings (SSSR count). The van der Waals surface area contributed by atoms with Gasteiger partial charge in [0, 0.05) is 18.5 Å². The quantitative estimate of drug-likeness (QED) is 0.772. The minimum absolute atomic E-state index is 0.0420. The van der Waals surface area contributed by atoms with Gasteiger partial charge in [-0.15, -0.1) is 0 Å². The summed E-state index contributed by atoms with van der Waals surface area (Å²) in [6.45, 7) is 0.760. The fourth-order valence-electron chi connectivity index (χ4n) is 3.91. The molecule has 2 heterocycles. The van der Waals surface area contributed by atoms with Crippen molar-refractivity contribution in [1.82, 2.24) is 5.32 Å². The average Bonchev–Trinajstić information content (AvgIpc) is 3.28. The van der Waals surface area contributed by atoms with Crippen LogP contribution in [0.15, 0.2) is 45.9 Å². The summed E-state index contributed by atoms with van der Waals surface area (Å²) >= 11 is 0. The van der Waals surface area contributed by atoms with Crippen LogP contribution >= 0.6 is 0 Å². The molecule has 1 aliphatic heterocycles. The molecule has 1 fully saturated rings. The lowest BCUT2D eigenvalue weighted by molar-refractivity contribution is -0.125. The van der Waals surface area contributed by atoms with Crippen LogP contribution < -0.4 is 14.8 Å². The molecule has 0 saturated heterocycles. The van der Waals surface area contributed by atoms with Crippen LogP contribution in [0.2, 0.25) is 0 Å². The third kappa shape index (κ3) is 4.27. The Balaban J connectivity index is 1.57. The Labute approximate surface area is 170 Å². The number of ether oxygens (including phenoxy) is 2. The third-order valence-electron chi connectivity index (χ3n) is 5.51. The number of rotatable bonds is 6. The van der Waals surface area contributed by atoms with Gasteiger partial charge in [0.1, 0.15) is 24.2 Å². The number of hydrogen-bond donors (Lipinski definition) is 1. The molecule has 0 bridgehead atoms. The van der Waals surface area contributed by atoms with Gasteiger partial charge in [0.25, 0.3) is 0 Å². The Morgan fingerprint density at radius 1 is 1.07 bits per heavy atom. The average molecular weight is 419 g/mol. The molecule has 29 heavy (non-hydrogen) atoms. The fourth-order valence-corrected chi connectivity index (χ4v) is 5.51. The van der Waals surface area contributed by atoms with Crippen LogP contribution in [0.1, 0.15) is 43.1 Å².